The zero-order valence-corrected chi connectivity index (χ0v) is 24.3. The number of benzene rings is 5. The van der Waals surface area contributed by atoms with Crippen LogP contribution in [0.25, 0.3) is 16.8 Å². The largest absolute Gasteiger partial charge is 0.490 e. The lowest BCUT2D eigenvalue weighted by Gasteiger charge is -2.15. The first-order chi connectivity index (χ1) is 21.0. The molecule has 1 amide bonds. The van der Waals surface area contributed by atoms with E-state index in [-0.39, 0.29) is 5.57 Å². The maximum atomic E-state index is 12.9. The lowest BCUT2D eigenvalue weighted by molar-refractivity contribution is -0.112. The van der Waals surface area contributed by atoms with E-state index in [0.717, 1.165) is 21.9 Å². The van der Waals surface area contributed by atoms with E-state index in [1.165, 1.54) is 6.08 Å². The molecular formula is C36H29ClN2O4. The van der Waals surface area contributed by atoms with E-state index < -0.39 is 5.91 Å². The normalized spacial score (nSPS) is 11.0. The first kappa shape index (κ1) is 29.2. The molecule has 5 rings (SSSR count). The van der Waals surface area contributed by atoms with Gasteiger partial charge in [-0.05, 0) is 82.9 Å². The van der Waals surface area contributed by atoms with Gasteiger partial charge in [-0.2, -0.15) is 5.26 Å². The lowest BCUT2D eigenvalue weighted by atomic mass is 10.1. The predicted molar refractivity (Wildman–Crippen MR) is 170 cm³/mol. The number of carbonyl (C=O) groups excluding carboxylic acids is 1. The monoisotopic (exact) mass is 588 g/mol. The predicted octanol–water partition coefficient (Wildman–Crippen LogP) is 8.60. The van der Waals surface area contributed by atoms with Gasteiger partial charge >= 0.3 is 0 Å². The summed E-state index contributed by atoms with van der Waals surface area (Å²) in [4.78, 5) is 12.9. The summed E-state index contributed by atoms with van der Waals surface area (Å²) in [6.07, 6.45) is 1.47. The van der Waals surface area contributed by atoms with Gasteiger partial charge in [-0.3, -0.25) is 4.79 Å². The molecule has 0 bridgehead atoms. The summed E-state index contributed by atoms with van der Waals surface area (Å²) in [7, 11) is 0. The van der Waals surface area contributed by atoms with E-state index in [1.54, 1.807) is 36.4 Å². The van der Waals surface area contributed by atoms with Gasteiger partial charge in [0.2, 0.25) is 0 Å². The number of anilines is 1. The smallest absolute Gasteiger partial charge is 0.266 e. The Morgan fingerprint density at radius 2 is 1.53 bits per heavy atom. The van der Waals surface area contributed by atoms with Crippen molar-refractivity contribution >= 4 is 40.0 Å². The molecule has 0 radical (unpaired) electrons. The van der Waals surface area contributed by atoms with Crippen LogP contribution in [-0.4, -0.2) is 12.5 Å². The minimum atomic E-state index is -0.550. The summed E-state index contributed by atoms with van der Waals surface area (Å²) in [6.45, 7) is 2.97. The highest BCUT2D eigenvalue weighted by Crippen LogP contribution is 2.38. The topological polar surface area (TPSA) is 80.6 Å². The number of nitrogens with zero attached hydrogens (tertiary/aromatic N) is 1. The Hall–Kier alpha value is -5.25. The Bertz CT molecular complexity index is 1790. The molecule has 0 heterocycles. The van der Waals surface area contributed by atoms with Crippen molar-refractivity contribution in [2.45, 2.75) is 20.1 Å². The Morgan fingerprint density at radius 1 is 0.814 bits per heavy atom. The van der Waals surface area contributed by atoms with Gasteiger partial charge in [0.05, 0.1) is 11.6 Å². The maximum absolute atomic E-state index is 12.9. The molecule has 7 heteroatoms. The molecule has 214 valence electrons. The van der Waals surface area contributed by atoms with Crippen molar-refractivity contribution in [3.05, 3.63) is 136 Å². The number of rotatable bonds is 11. The van der Waals surface area contributed by atoms with Crippen LogP contribution in [0, 0.1) is 11.3 Å². The molecule has 0 fully saturated rings. The zero-order chi connectivity index (χ0) is 30.0. The van der Waals surface area contributed by atoms with Crippen molar-refractivity contribution in [2.75, 3.05) is 11.9 Å². The molecule has 43 heavy (non-hydrogen) atoms. The summed E-state index contributed by atoms with van der Waals surface area (Å²) >= 11 is 6.62. The van der Waals surface area contributed by atoms with E-state index in [9.17, 15) is 10.1 Å². The van der Waals surface area contributed by atoms with Crippen molar-refractivity contribution < 1.29 is 19.0 Å². The second-order valence-corrected chi connectivity index (χ2v) is 10.1. The molecule has 6 nitrogen and oxygen atoms in total. The highest BCUT2D eigenvalue weighted by molar-refractivity contribution is 6.32. The number of ether oxygens (including phenoxy) is 3. The molecule has 0 aliphatic rings. The van der Waals surface area contributed by atoms with Gasteiger partial charge in [-0.15, -0.1) is 0 Å². The van der Waals surface area contributed by atoms with E-state index in [2.05, 4.69) is 29.6 Å². The van der Waals surface area contributed by atoms with Crippen molar-refractivity contribution in [1.29, 1.82) is 5.26 Å². The first-order valence-corrected chi connectivity index (χ1v) is 14.2. The summed E-state index contributed by atoms with van der Waals surface area (Å²) in [6, 6.07) is 36.4. The average Bonchev–Trinajstić information content (AvgIpc) is 3.03. The molecular weight excluding hydrogens is 560 g/mol. The lowest BCUT2D eigenvalue weighted by Crippen LogP contribution is -2.13. The second kappa shape index (κ2) is 14.1. The maximum Gasteiger partial charge on any atom is 0.266 e. The Labute approximate surface area is 255 Å². The summed E-state index contributed by atoms with van der Waals surface area (Å²) < 4.78 is 17.7. The fourth-order valence-corrected chi connectivity index (χ4v) is 4.72. The van der Waals surface area contributed by atoms with Crippen LogP contribution >= 0.6 is 11.6 Å². The minimum Gasteiger partial charge on any atom is -0.490 e. The van der Waals surface area contributed by atoms with E-state index in [1.807, 2.05) is 61.5 Å². The van der Waals surface area contributed by atoms with Gasteiger partial charge in [0.25, 0.3) is 5.91 Å². The molecule has 0 saturated carbocycles. The van der Waals surface area contributed by atoms with Crippen LogP contribution in [-0.2, 0) is 18.0 Å². The summed E-state index contributed by atoms with van der Waals surface area (Å²) in [5.41, 5.74) is 3.01. The quantitative estimate of drug-likeness (QED) is 0.123. The van der Waals surface area contributed by atoms with Crippen LogP contribution in [0.1, 0.15) is 23.6 Å². The van der Waals surface area contributed by atoms with E-state index in [4.69, 9.17) is 25.8 Å². The molecule has 0 saturated heterocycles. The van der Waals surface area contributed by atoms with Crippen molar-refractivity contribution in [3.63, 3.8) is 0 Å². The Balaban J connectivity index is 1.26. The van der Waals surface area contributed by atoms with Crippen LogP contribution < -0.4 is 19.5 Å². The van der Waals surface area contributed by atoms with Crippen LogP contribution in [0.4, 0.5) is 5.69 Å². The Morgan fingerprint density at radius 3 is 2.28 bits per heavy atom. The van der Waals surface area contributed by atoms with Crippen molar-refractivity contribution in [3.8, 4) is 23.3 Å². The molecule has 0 spiro atoms. The fourth-order valence-electron chi connectivity index (χ4n) is 4.45. The number of halogens is 1. The van der Waals surface area contributed by atoms with Crippen molar-refractivity contribution in [2.24, 2.45) is 0 Å². The van der Waals surface area contributed by atoms with Gasteiger partial charge in [0.1, 0.15) is 30.6 Å². The fraction of sp³-hybridized carbons (Fsp3) is 0.111. The number of hydrogen-bond donors (Lipinski definition) is 1. The van der Waals surface area contributed by atoms with Crippen LogP contribution in [0.5, 0.6) is 17.2 Å². The number of hydrogen-bond acceptors (Lipinski definition) is 5. The van der Waals surface area contributed by atoms with E-state index >= 15 is 0 Å². The van der Waals surface area contributed by atoms with Gasteiger partial charge in [0, 0.05) is 5.69 Å². The number of nitrogens with one attached hydrogen (secondary N) is 1. The van der Waals surface area contributed by atoms with Gasteiger partial charge in [-0.25, -0.2) is 0 Å². The molecule has 5 aromatic carbocycles. The molecule has 0 aliphatic carbocycles. The third kappa shape index (κ3) is 7.73. The van der Waals surface area contributed by atoms with Crippen LogP contribution in [0.2, 0.25) is 5.02 Å². The number of carbonyl (C=O) groups is 1. The summed E-state index contributed by atoms with van der Waals surface area (Å²) in [5, 5.41) is 15.1. The average molecular weight is 589 g/mol. The minimum absolute atomic E-state index is 0.0900. The molecule has 1 N–H and O–H groups in total. The van der Waals surface area contributed by atoms with Gasteiger partial charge in [-0.1, -0.05) is 78.3 Å². The van der Waals surface area contributed by atoms with E-state index in [0.29, 0.717) is 53.3 Å². The summed E-state index contributed by atoms with van der Waals surface area (Å²) in [5.74, 6) is 0.933. The zero-order valence-electron chi connectivity index (χ0n) is 23.5. The highest BCUT2D eigenvalue weighted by atomic mass is 35.5. The molecule has 0 atom stereocenters. The molecule has 0 unspecified atom stereocenters. The van der Waals surface area contributed by atoms with Gasteiger partial charge in [0.15, 0.2) is 11.5 Å². The second-order valence-electron chi connectivity index (χ2n) is 9.66. The SMILES string of the molecule is CCOc1cc(/C=C(\C#N)C(=O)Nc2ccc(OCc3ccccc3)cc2)cc(Cl)c1OCc1ccc2ccccc2c1. The van der Waals surface area contributed by atoms with Crippen LogP contribution in [0.3, 0.4) is 0 Å². The highest BCUT2D eigenvalue weighted by Gasteiger charge is 2.15. The number of fused-ring (bicyclic) bond motifs is 1. The first-order valence-electron chi connectivity index (χ1n) is 13.8. The number of amides is 1. The van der Waals surface area contributed by atoms with Gasteiger partial charge < -0.3 is 19.5 Å². The molecule has 5 aromatic rings. The van der Waals surface area contributed by atoms with Crippen LogP contribution in [0.15, 0.2) is 115 Å². The molecule has 0 aliphatic heterocycles. The standard InChI is InChI=1S/C36H29ClN2O4/c1-2-41-34-21-27(20-33(37)35(34)43-24-26-12-13-28-10-6-7-11-29(28)18-26)19-30(22-38)36(40)39-31-14-16-32(17-15-31)42-23-25-8-4-3-5-9-25/h3-21H,2,23-24H2,1H3,(H,39,40)/b30-19+. The Kier molecular flexibility index (Phi) is 9.58. The third-order valence-electron chi connectivity index (χ3n) is 6.57. The third-order valence-corrected chi connectivity index (χ3v) is 6.85. The van der Waals surface area contributed by atoms with Crippen molar-refractivity contribution in [1.82, 2.24) is 0 Å². The molecule has 0 aromatic heterocycles. The number of nitriles is 1.